The molecule has 3 unspecified atom stereocenters. The minimum atomic E-state index is -1.36. The number of hydrogen-bond acceptors (Lipinski definition) is 8. The number of nitrogens with zero attached hydrogens (tertiary/aromatic N) is 1. The van der Waals surface area contributed by atoms with Crippen molar-refractivity contribution in [2.75, 3.05) is 5.32 Å². The van der Waals surface area contributed by atoms with E-state index in [0.29, 0.717) is 24.1 Å². The van der Waals surface area contributed by atoms with Crippen LogP contribution < -0.4 is 20.7 Å². The maximum atomic E-state index is 13.3. The quantitative estimate of drug-likeness (QED) is 0.0810. The van der Waals surface area contributed by atoms with Gasteiger partial charge in [-0.1, -0.05) is 69.2 Å². The van der Waals surface area contributed by atoms with Gasteiger partial charge in [0, 0.05) is 23.7 Å². The molecule has 232 valence electrons. The molecular formula is C31H34N4O9. The maximum Gasteiger partial charge on any atom is 0.514 e. The summed E-state index contributed by atoms with van der Waals surface area (Å²) in [5.41, 5.74) is 1.64. The fraction of sp³-hybridized carbons (Fsp3) is 0.290. The molecule has 0 spiro atoms. The molecule has 0 heterocycles. The van der Waals surface area contributed by atoms with Crippen molar-refractivity contribution in [3.8, 4) is 5.75 Å². The van der Waals surface area contributed by atoms with E-state index in [-0.39, 0.29) is 18.0 Å². The Balaban J connectivity index is 1.59. The second-order valence-electron chi connectivity index (χ2n) is 9.91. The summed E-state index contributed by atoms with van der Waals surface area (Å²) < 4.78 is 10.1. The molecule has 3 aromatic carbocycles. The Hall–Kier alpha value is -5.46. The number of carbonyl (C=O) groups excluding carboxylic acids is 3. The second-order valence-corrected chi connectivity index (χ2v) is 9.91. The fourth-order valence-corrected chi connectivity index (χ4v) is 4.26. The summed E-state index contributed by atoms with van der Waals surface area (Å²) in [6, 6.07) is 18.4. The van der Waals surface area contributed by atoms with Crippen LogP contribution in [0.5, 0.6) is 5.75 Å². The molecule has 13 nitrogen and oxygen atoms in total. The van der Waals surface area contributed by atoms with Crippen LogP contribution in [0.3, 0.4) is 0 Å². The van der Waals surface area contributed by atoms with Crippen LogP contribution in [0.2, 0.25) is 0 Å². The van der Waals surface area contributed by atoms with Crippen LogP contribution in [0.1, 0.15) is 50.2 Å². The van der Waals surface area contributed by atoms with Crippen LogP contribution in [0.4, 0.5) is 21.0 Å². The van der Waals surface area contributed by atoms with Gasteiger partial charge in [-0.05, 0) is 41.8 Å². The van der Waals surface area contributed by atoms with Crippen molar-refractivity contribution in [1.29, 1.82) is 0 Å². The van der Waals surface area contributed by atoms with Crippen molar-refractivity contribution in [2.24, 2.45) is 0 Å². The van der Waals surface area contributed by atoms with E-state index in [1.165, 1.54) is 24.3 Å². The van der Waals surface area contributed by atoms with Crippen molar-refractivity contribution in [1.82, 2.24) is 10.6 Å². The summed E-state index contributed by atoms with van der Waals surface area (Å²) in [5.74, 6) is -1.50. The summed E-state index contributed by atoms with van der Waals surface area (Å²) >= 11 is 0. The van der Waals surface area contributed by atoms with Crippen LogP contribution >= 0.6 is 0 Å². The highest BCUT2D eigenvalue weighted by molar-refractivity contribution is 5.98. The smallest absolute Gasteiger partial charge is 0.465 e. The van der Waals surface area contributed by atoms with Crippen LogP contribution in [0.15, 0.2) is 78.9 Å². The number of carbonyl (C=O) groups is 4. The number of benzene rings is 3. The summed E-state index contributed by atoms with van der Waals surface area (Å²) in [4.78, 5) is 60.1. The summed E-state index contributed by atoms with van der Waals surface area (Å²) in [6.07, 6.45) is -0.584. The molecule has 44 heavy (non-hydrogen) atoms. The molecule has 4 N–H and O–H groups in total. The van der Waals surface area contributed by atoms with Crippen LogP contribution in [0.25, 0.3) is 0 Å². The van der Waals surface area contributed by atoms with Gasteiger partial charge in [-0.15, -0.1) is 0 Å². The number of nitrogens with one attached hydrogen (secondary N) is 3. The van der Waals surface area contributed by atoms with Gasteiger partial charge in [-0.3, -0.25) is 19.7 Å². The van der Waals surface area contributed by atoms with Gasteiger partial charge in [-0.25, -0.2) is 9.59 Å². The topological polar surface area (TPSA) is 186 Å². The Kier molecular flexibility index (Phi) is 12.2. The highest BCUT2D eigenvalue weighted by Gasteiger charge is 2.31. The molecule has 3 amide bonds. The van der Waals surface area contributed by atoms with E-state index >= 15 is 0 Å². The van der Waals surface area contributed by atoms with Gasteiger partial charge < -0.3 is 30.5 Å². The van der Waals surface area contributed by atoms with E-state index in [2.05, 4.69) is 16.0 Å². The van der Waals surface area contributed by atoms with Gasteiger partial charge in [0.05, 0.1) is 4.92 Å². The number of anilines is 1. The molecule has 0 aliphatic heterocycles. The van der Waals surface area contributed by atoms with E-state index in [0.717, 1.165) is 12.0 Å². The second kappa shape index (κ2) is 16.2. The molecule has 0 aliphatic rings. The largest absolute Gasteiger partial charge is 0.514 e. The average molecular weight is 607 g/mol. The van der Waals surface area contributed by atoms with Gasteiger partial charge in [-0.2, -0.15) is 0 Å². The third-order valence-electron chi connectivity index (χ3n) is 6.69. The third-order valence-corrected chi connectivity index (χ3v) is 6.69. The summed E-state index contributed by atoms with van der Waals surface area (Å²) in [7, 11) is 0. The van der Waals surface area contributed by atoms with E-state index in [1.807, 2.05) is 13.0 Å². The number of nitro groups is 1. The maximum absolute atomic E-state index is 13.3. The molecule has 0 aromatic heterocycles. The van der Waals surface area contributed by atoms with E-state index < -0.39 is 47.0 Å². The van der Waals surface area contributed by atoms with Gasteiger partial charge in [0.25, 0.3) is 5.69 Å². The SMILES string of the molecule is CCCCC(NC(=O)C(NC(=O)O)C(C)c1ccccc1)C(=O)Nc1ccc(COC(=O)Oc2ccc([N+](=O)[O-])cc2)cc1. The molecule has 0 aliphatic carbocycles. The van der Waals surface area contributed by atoms with Crippen LogP contribution in [-0.2, 0) is 20.9 Å². The van der Waals surface area contributed by atoms with Crippen molar-refractivity contribution in [2.45, 2.75) is 57.7 Å². The van der Waals surface area contributed by atoms with Crippen LogP contribution in [0, 0.1) is 10.1 Å². The number of hydrogen-bond donors (Lipinski definition) is 4. The van der Waals surface area contributed by atoms with Crippen molar-refractivity contribution in [3.05, 3.63) is 100 Å². The molecular weight excluding hydrogens is 572 g/mol. The minimum absolute atomic E-state index is 0.0861. The lowest BCUT2D eigenvalue weighted by Gasteiger charge is -2.26. The first-order chi connectivity index (χ1) is 21.1. The Morgan fingerprint density at radius 3 is 2.16 bits per heavy atom. The van der Waals surface area contributed by atoms with Gasteiger partial charge in [0.1, 0.15) is 24.4 Å². The summed E-state index contributed by atoms with van der Waals surface area (Å²) in [6.45, 7) is 3.55. The number of non-ortho nitro benzene ring substituents is 1. The molecule has 0 fully saturated rings. The lowest BCUT2D eigenvalue weighted by molar-refractivity contribution is -0.384. The van der Waals surface area contributed by atoms with Gasteiger partial charge in [0.2, 0.25) is 11.8 Å². The predicted octanol–water partition coefficient (Wildman–Crippen LogP) is 5.36. The van der Waals surface area contributed by atoms with E-state index in [9.17, 15) is 34.4 Å². The fourth-order valence-electron chi connectivity index (χ4n) is 4.26. The molecule has 0 radical (unpaired) electrons. The normalized spacial score (nSPS) is 12.6. The Morgan fingerprint density at radius 1 is 0.909 bits per heavy atom. The van der Waals surface area contributed by atoms with E-state index in [1.54, 1.807) is 55.5 Å². The lowest BCUT2D eigenvalue weighted by atomic mass is 9.92. The number of ether oxygens (including phenoxy) is 2. The highest BCUT2D eigenvalue weighted by Crippen LogP contribution is 2.21. The Morgan fingerprint density at radius 2 is 1.57 bits per heavy atom. The summed E-state index contributed by atoms with van der Waals surface area (Å²) in [5, 5.41) is 27.9. The molecule has 3 aromatic rings. The first-order valence-corrected chi connectivity index (χ1v) is 13.9. The molecule has 3 atom stereocenters. The number of unbranched alkanes of at least 4 members (excludes halogenated alkanes) is 1. The zero-order valence-corrected chi connectivity index (χ0v) is 24.2. The zero-order valence-electron chi connectivity index (χ0n) is 24.2. The first kappa shape index (κ1) is 33.0. The highest BCUT2D eigenvalue weighted by atomic mass is 16.7. The number of amides is 3. The standard InChI is InChI=1S/C31H34N4O9/c1-3-4-10-26(33-29(37)27(34-30(38)39)20(2)22-8-6-5-7-9-22)28(36)32-23-13-11-21(12-14-23)19-43-31(40)44-25-17-15-24(16-18-25)35(41)42/h5-9,11-18,20,26-27,34H,3-4,10,19H2,1-2H3,(H,32,36)(H,33,37)(H,38,39). The molecule has 0 saturated carbocycles. The van der Waals surface area contributed by atoms with Crippen LogP contribution in [-0.4, -0.2) is 46.2 Å². The van der Waals surface area contributed by atoms with E-state index in [4.69, 9.17) is 9.47 Å². The van der Waals surface area contributed by atoms with Gasteiger partial charge >= 0.3 is 12.2 Å². The van der Waals surface area contributed by atoms with Crippen molar-refractivity contribution in [3.63, 3.8) is 0 Å². The van der Waals surface area contributed by atoms with Gasteiger partial charge in [0.15, 0.2) is 0 Å². The molecule has 0 saturated heterocycles. The monoisotopic (exact) mass is 606 g/mol. The number of carboxylic acid groups (broad SMARTS) is 1. The number of rotatable bonds is 14. The Labute approximate surface area is 253 Å². The first-order valence-electron chi connectivity index (χ1n) is 13.9. The lowest BCUT2D eigenvalue weighted by Crippen LogP contribution is -2.54. The number of nitro benzene ring substituents is 1. The Bertz CT molecular complexity index is 1430. The third kappa shape index (κ3) is 10.1. The molecule has 0 bridgehead atoms. The average Bonchev–Trinajstić information content (AvgIpc) is 3.01. The molecule has 13 heteroatoms. The van der Waals surface area contributed by atoms with Crippen molar-refractivity contribution >= 4 is 35.4 Å². The van der Waals surface area contributed by atoms with Crippen molar-refractivity contribution < 1.29 is 38.7 Å². The zero-order chi connectivity index (χ0) is 32.1. The minimum Gasteiger partial charge on any atom is -0.465 e. The molecule has 3 rings (SSSR count). The predicted molar refractivity (Wildman–Crippen MR) is 160 cm³/mol.